The van der Waals surface area contributed by atoms with Gasteiger partial charge in [0.2, 0.25) is 0 Å². The third-order valence-corrected chi connectivity index (χ3v) is 4.61. The number of nitrogens with zero attached hydrogens (tertiary/aromatic N) is 2. The summed E-state index contributed by atoms with van der Waals surface area (Å²) in [6.45, 7) is 0. The van der Waals surface area contributed by atoms with E-state index in [0.29, 0.717) is 28.2 Å². The number of hydrogen-bond donors (Lipinski definition) is 0. The van der Waals surface area contributed by atoms with Crippen LogP contribution in [-0.2, 0) is 0 Å². The van der Waals surface area contributed by atoms with Crippen LogP contribution in [0.5, 0.6) is 11.5 Å². The van der Waals surface area contributed by atoms with E-state index in [-0.39, 0.29) is 5.56 Å². The molecule has 0 bridgehead atoms. The third-order valence-electron chi connectivity index (χ3n) is 4.61. The Labute approximate surface area is 168 Å². The van der Waals surface area contributed by atoms with Crippen LogP contribution in [0.1, 0.15) is 11.4 Å². The van der Waals surface area contributed by atoms with Crippen molar-refractivity contribution in [3.05, 3.63) is 94.5 Å². The first kappa shape index (κ1) is 18.5. The normalized spacial score (nSPS) is 11.1. The molecule has 5 nitrogen and oxygen atoms in total. The molecule has 1 aromatic heterocycles. The minimum atomic E-state index is -0.107. The van der Waals surface area contributed by atoms with Gasteiger partial charge in [0, 0.05) is 6.07 Å². The van der Waals surface area contributed by atoms with E-state index in [1.54, 1.807) is 24.9 Å². The quantitative estimate of drug-likeness (QED) is 0.506. The molecule has 0 saturated carbocycles. The van der Waals surface area contributed by atoms with Gasteiger partial charge in [0.05, 0.1) is 30.8 Å². The van der Waals surface area contributed by atoms with E-state index in [1.165, 1.54) is 0 Å². The highest BCUT2D eigenvalue weighted by molar-refractivity contribution is 5.80. The Balaban J connectivity index is 1.89. The summed E-state index contributed by atoms with van der Waals surface area (Å²) in [6, 6.07) is 22.5. The second-order valence-corrected chi connectivity index (χ2v) is 6.44. The van der Waals surface area contributed by atoms with Crippen LogP contribution < -0.4 is 15.0 Å². The van der Waals surface area contributed by atoms with Crippen molar-refractivity contribution in [2.24, 2.45) is 0 Å². The number of aromatic nitrogens is 2. The van der Waals surface area contributed by atoms with Gasteiger partial charge in [-0.15, -0.1) is 0 Å². The lowest BCUT2D eigenvalue weighted by Gasteiger charge is -2.11. The van der Waals surface area contributed by atoms with E-state index in [4.69, 9.17) is 14.5 Å². The van der Waals surface area contributed by atoms with Crippen LogP contribution in [-0.4, -0.2) is 23.8 Å². The Morgan fingerprint density at radius 1 is 0.828 bits per heavy atom. The molecule has 0 aliphatic rings. The molecule has 3 aromatic carbocycles. The average Bonchev–Trinajstić information content (AvgIpc) is 2.78. The van der Waals surface area contributed by atoms with Crippen molar-refractivity contribution < 1.29 is 9.47 Å². The fourth-order valence-electron chi connectivity index (χ4n) is 3.18. The number of methoxy groups -OCH3 is 2. The van der Waals surface area contributed by atoms with Crippen molar-refractivity contribution >= 4 is 23.1 Å². The van der Waals surface area contributed by atoms with Crippen molar-refractivity contribution in [2.75, 3.05) is 14.2 Å². The number of benzene rings is 3. The molecule has 29 heavy (non-hydrogen) atoms. The van der Waals surface area contributed by atoms with Crippen LogP contribution in [0.4, 0.5) is 0 Å². The van der Waals surface area contributed by atoms with Gasteiger partial charge >= 0.3 is 0 Å². The van der Waals surface area contributed by atoms with E-state index in [1.807, 2.05) is 78.9 Å². The molecule has 0 atom stereocenters. The van der Waals surface area contributed by atoms with Crippen molar-refractivity contribution in [2.45, 2.75) is 0 Å². The molecule has 0 N–H and O–H groups in total. The molecule has 0 amide bonds. The topological polar surface area (TPSA) is 53.3 Å². The van der Waals surface area contributed by atoms with E-state index < -0.39 is 0 Å². The fourth-order valence-corrected chi connectivity index (χ4v) is 3.18. The van der Waals surface area contributed by atoms with Crippen molar-refractivity contribution in [1.29, 1.82) is 0 Å². The summed E-state index contributed by atoms with van der Waals surface area (Å²) >= 11 is 0. The number of para-hydroxylation sites is 2. The Hall–Kier alpha value is -3.86. The van der Waals surface area contributed by atoms with Crippen LogP contribution >= 0.6 is 0 Å². The van der Waals surface area contributed by atoms with Crippen molar-refractivity contribution in [1.82, 2.24) is 9.55 Å². The lowest BCUT2D eigenvalue weighted by atomic mass is 10.1. The molecule has 0 fully saturated rings. The van der Waals surface area contributed by atoms with E-state index >= 15 is 0 Å². The predicted molar refractivity (Wildman–Crippen MR) is 116 cm³/mol. The molecule has 0 aliphatic heterocycles. The SMILES string of the molecule is COc1cc(/C=C/c2nc3ccccc3c(=O)n2-c2ccccc2)cc(OC)c1. The average molecular weight is 384 g/mol. The van der Waals surface area contributed by atoms with Gasteiger partial charge in [-0.25, -0.2) is 4.98 Å². The highest BCUT2D eigenvalue weighted by Crippen LogP contribution is 2.24. The van der Waals surface area contributed by atoms with Crippen LogP contribution in [0, 0.1) is 0 Å². The molecular formula is C24H20N2O3. The van der Waals surface area contributed by atoms with E-state index in [0.717, 1.165) is 11.3 Å². The fraction of sp³-hybridized carbons (Fsp3) is 0.0833. The van der Waals surface area contributed by atoms with Crippen LogP contribution in [0.2, 0.25) is 0 Å². The van der Waals surface area contributed by atoms with Gasteiger partial charge < -0.3 is 9.47 Å². The smallest absolute Gasteiger partial charge is 0.266 e. The number of hydrogen-bond acceptors (Lipinski definition) is 4. The van der Waals surface area contributed by atoms with Gasteiger partial charge in [0.15, 0.2) is 0 Å². The first-order valence-electron chi connectivity index (χ1n) is 9.18. The zero-order valence-electron chi connectivity index (χ0n) is 16.2. The maximum absolute atomic E-state index is 13.2. The van der Waals surface area contributed by atoms with Gasteiger partial charge in [0.1, 0.15) is 17.3 Å². The van der Waals surface area contributed by atoms with E-state index in [2.05, 4.69) is 0 Å². The minimum Gasteiger partial charge on any atom is -0.497 e. The van der Waals surface area contributed by atoms with Crippen molar-refractivity contribution in [3.63, 3.8) is 0 Å². The summed E-state index contributed by atoms with van der Waals surface area (Å²) in [7, 11) is 3.22. The van der Waals surface area contributed by atoms with Gasteiger partial charge in [-0.1, -0.05) is 36.4 Å². The standard InChI is InChI=1S/C24H20N2O3/c1-28-19-14-17(15-20(16-19)29-2)12-13-23-25-22-11-7-6-10-21(22)24(27)26(23)18-8-4-3-5-9-18/h3-16H,1-2H3/b13-12+. The first-order valence-corrected chi connectivity index (χ1v) is 9.18. The first-order chi connectivity index (χ1) is 14.2. The van der Waals surface area contributed by atoms with Crippen LogP contribution in [0.25, 0.3) is 28.7 Å². The van der Waals surface area contributed by atoms with Gasteiger partial charge in [0.25, 0.3) is 5.56 Å². The molecule has 4 rings (SSSR count). The molecule has 1 heterocycles. The monoisotopic (exact) mass is 384 g/mol. The zero-order chi connectivity index (χ0) is 20.2. The largest absolute Gasteiger partial charge is 0.497 e. The second kappa shape index (κ2) is 8.02. The second-order valence-electron chi connectivity index (χ2n) is 6.44. The Bertz CT molecular complexity index is 1220. The maximum Gasteiger partial charge on any atom is 0.266 e. The van der Waals surface area contributed by atoms with Gasteiger partial charge in [-0.2, -0.15) is 0 Å². The molecule has 0 radical (unpaired) electrons. The molecule has 144 valence electrons. The Morgan fingerprint density at radius 3 is 2.17 bits per heavy atom. The number of ether oxygens (including phenoxy) is 2. The highest BCUT2D eigenvalue weighted by Gasteiger charge is 2.10. The molecule has 5 heteroatoms. The number of rotatable bonds is 5. The zero-order valence-corrected chi connectivity index (χ0v) is 16.2. The summed E-state index contributed by atoms with van der Waals surface area (Å²) in [5, 5.41) is 0.580. The lowest BCUT2D eigenvalue weighted by Crippen LogP contribution is -2.22. The molecule has 0 aliphatic carbocycles. The maximum atomic E-state index is 13.2. The molecule has 0 spiro atoms. The molecular weight excluding hydrogens is 364 g/mol. The van der Waals surface area contributed by atoms with Crippen LogP contribution in [0.3, 0.4) is 0 Å². The summed E-state index contributed by atoms with van der Waals surface area (Å²) < 4.78 is 12.3. The van der Waals surface area contributed by atoms with E-state index in [9.17, 15) is 4.79 Å². The molecule has 0 saturated heterocycles. The predicted octanol–water partition coefficient (Wildman–Crippen LogP) is 4.57. The molecule has 0 unspecified atom stereocenters. The third kappa shape index (κ3) is 3.75. The lowest BCUT2D eigenvalue weighted by molar-refractivity contribution is 0.394. The Morgan fingerprint density at radius 2 is 1.48 bits per heavy atom. The Kier molecular flexibility index (Phi) is 5.12. The van der Waals surface area contributed by atoms with Gasteiger partial charge in [-0.05, 0) is 48.0 Å². The summed E-state index contributed by atoms with van der Waals surface area (Å²) in [5.41, 5.74) is 2.19. The summed E-state index contributed by atoms with van der Waals surface area (Å²) in [6.07, 6.45) is 3.72. The summed E-state index contributed by atoms with van der Waals surface area (Å²) in [4.78, 5) is 17.9. The number of fused-ring (bicyclic) bond motifs is 1. The highest BCUT2D eigenvalue weighted by atomic mass is 16.5. The minimum absolute atomic E-state index is 0.107. The van der Waals surface area contributed by atoms with Gasteiger partial charge in [-0.3, -0.25) is 9.36 Å². The van der Waals surface area contributed by atoms with Crippen LogP contribution in [0.15, 0.2) is 77.6 Å². The molecule has 4 aromatic rings. The van der Waals surface area contributed by atoms with Crippen molar-refractivity contribution in [3.8, 4) is 17.2 Å². The summed E-state index contributed by atoms with van der Waals surface area (Å²) in [5.74, 6) is 1.92.